The van der Waals surface area contributed by atoms with E-state index in [1.165, 1.54) is 6.42 Å². The van der Waals surface area contributed by atoms with Crippen molar-refractivity contribution >= 4 is 6.03 Å². The molecule has 0 bridgehead atoms. The maximum atomic E-state index is 11.9. The molecule has 1 unspecified atom stereocenters. The number of urea groups is 1. The van der Waals surface area contributed by atoms with E-state index in [2.05, 4.69) is 17.2 Å². The molecular formula is C14H21N3O. The number of nitrogens with one attached hydrogen (secondary N) is 1. The summed E-state index contributed by atoms with van der Waals surface area (Å²) in [6.07, 6.45) is 6.80. The lowest BCUT2D eigenvalue weighted by Crippen LogP contribution is -2.45. The van der Waals surface area contributed by atoms with Crippen molar-refractivity contribution in [2.75, 3.05) is 19.6 Å². The number of pyridine rings is 1. The van der Waals surface area contributed by atoms with Gasteiger partial charge in [-0.05, 0) is 36.8 Å². The maximum absolute atomic E-state index is 11.9. The van der Waals surface area contributed by atoms with E-state index in [4.69, 9.17) is 0 Å². The molecule has 1 aliphatic heterocycles. The van der Waals surface area contributed by atoms with Crippen LogP contribution in [0.2, 0.25) is 0 Å². The Kier molecular flexibility index (Phi) is 4.56. The van der Waals surface area contributed by atoms with Gasteiger partial charge in [0.2, 0.25) is 0 Å². The topological polar surface area (TPSA) is 45.2 Å². The molecule has 0 spiro atoms. The van der Waals surface area contributed by atoms with Crippen LogP contribution < -0.4 is 5.32 Å². The summed E-state index contributed by atoms with van der Waals surface area (Å²) in [4.78, 5) is 17.9. The number of amides is 2. The minimum absolute atomic E-state index is 0.0745. The number of carbonyl (C=O) groups is 1. The highest BCUT2D eigenvalue weighted by Crippen LogP contribution is 2.15. The second kappa shape index (κ2) is 6.38. The van der Waals surface area contributed by atoms with Gasteiger partial charge in [0, 0.05) is 32.0 Å². The van der Waals surface area contributed by atoms with Crippen LogP contribution in [0, 0.1) is 5.92 Å². The van der Waals surface area contributed by atoms with Crippen molar-refractivity contribution in [2.45, 2.75) is 26.2 Å². The van der Waals surface area contributed by atoms with Crippen molar-refractivity contribution in [1.82, 2.24) is 15.2 Å². The Morgan fingerprint density at radius 2 is 2.50 bits per heavy atom. The van der Waals surface area contributed by atoms with Crippen LogP contribution in [0.25, 0.3) is 0 Å². The van der Waals surface area contributed by atoms with Crippen LogP contribution in [0.5, 0.6) is 0 Å². The maximum Gasteiger partial charge on any atom is 0.317 e. The second-order valence-corrected chi connectivity index (χ2v) is 5.04. The quantitative estimate of drug-likeness (QED) is 0.888. The average molecular weight is 247 g/mol. The van der Waals surface area contributed by atoms with Crippen molar-refractivity contribution in [3.63, 3.8) is 0 Å². The lowest BCUT2D eigenvalue weighted by molar-refractivity contribution is 0.170. The molecule has 4 nitrogen and oxygen atoms in total. The molecule has 18 heavy (non-hydrogen) atoms. The van der Waals surface area contributed by atoms with Crippen molar-refractivity contribution < 1.29 is 4.79 Å². The minimum Gasteiger partial charge on any atom is -0.338 e. The zero-order valence-corrected chi connectivity index (χ0v) is 10.9. The van der Waals surface area contributed by atoms with E-state index in [1.807, 2.05) is 23.2 Å². The number of piperidine rings is 1. The predicted octanol–water partition coefficient (Wildman–Crippen LogP) is 2.07. The van der Waals surface area contributed by atoms with Gasteiger partial charge in [-0.15, -0.1) is 0 Å². The van der Waals surface area contributed by atoms with E-state index in [0.29, 0.717) is 12.5 Å². The normalized spacial score (nSPS) is 19.6. The highest BCUT2D eigenvalue weighted by molar-refractivity contribution is 5.74. The highest BCUT2D eigenvalue weighted by atomic mass is 16.2. The van der Waals surface area contributed by atoms with Crippen molar-refractivity contribution in [2.24, 2.45) is 5.92 Å². The summed E-state index contributed by atoms with van der Waals surface area (Å²) in [5.74, 6) is 0.628. The molecule has 1 aliphatic rings. The number of aromatic nitrogens is 1. The molecule has 98 valence electrons. The predicted molar refractivity (Wildman–Crippen MR) is 71.3 cm³/mol. The molecule has 0 radical (unpaired) electrons. The molecule has 2 amide bonds. The zero-order chi connectivity index (χ0) is 12.8. The fourth-order valence-electron chi connectivity index (χ4n) is 2.35. The number of nitrogens with zero attached hydrogens (tertiary/aromatic N) is 2. The van der Waals surface area contributed by atoms with Gasteiger partial charge in [0.25, 0.3) is 0 Å². The third kappa shape index (κ3) is 3.72. The van der Waals surface area contributed by atoms with Crippen LogP contribution in [0.1, 0.15) is 25.3 Å². The Hall–Kier alpha value is -1.58. The Morgan fingerprint density at radius 3 is 3.22 bits per heavy atom. The zero-order valence-electron chi connectivity index (χ0n) is 10.9. The van der Waals surface area contributed by atoms with Gasteiger partial charge in [0.1, 0.15) is 0 Å². The van der Waals surface area contributed by atoms with Crippen molar-refractivity contribution in [3.05, 3.63) is 30.1 Å². The average Bonchev–Trinajstić information content (AvgIpc) is 2.40. The van der Waals surface area contributed by atoms with Gasteiger partial charge < -0.3 is 10.2 Å². The monoisotopic (exact) mass is 247 g/mol. The van der Waals surface area contributed by atoms with Gasteiger partial charge in [-0.25, -0.2) is 4.79 Å². The molecular weight excluding hydrogens is 226 g/mol. The summed E-state index contributed by atoms with van der Waals surface area (Å²) in [7, 11) is 0. The lowest BCUT2D eigenvalue weighted by Gasteiger charge is -2.30. The van der Waals surface area contributed by atoms with Crippen molar-refractivity contribution in [1.29, 1.82) is 0 Å². The first-order valence-corrected chi connectivity index (χ1v) is 6.67. The minimum atomic E-state index is 0.0745. The third-order valence-electron chi connectivity index (χ3n) is 3.36. The fourth-order valence-corrected chi connectivity index (χ4v) is 2.35. The lowest BCUT2D eigenvalue weighted by atomic mass is 10.0. The largest absolute Gasteiger partial charge is 0.338 e. The van der Waals surface area contributed by atoms with E-state index in [1.54, 1.807) is 6.20 Å². The standard InChI is InChI=1S/C14H21N3O/c1-12-4-3-9-17(11-12)14(18)16-8-6-13-5-2-7-15-10-13/h2,5,7,10,12H,3-4,6,8-9,11H2,1H3,(H,16,18). The molecule has 1 aromatic rings. The number of likely N-dealkylation sites (tertiary alicyclic amines) is 1. The van der Waals surface area contributed by atoms with E-state index in [-0.39, 0.29) is 6.03 Å². The molecule has 0 aliphatic carbocycles. The molecule has 2 rings (SSSR count). The van der Waals surface area contributed by atoms with E-state index in [0.717, 1.165) is 31.5 Å². The van der Waals surface area contributed by atoms with Crippen LogP contribution in [0.4, 0.5) is 4.79 Å². The molecule has 1 saturated heterocycles. The molecule has 1 aromatic heterocycles. The number of hydrogen-bond donors (Lipinski definition) is 1. The van der Waals surface area contributed by atoms with Crippen molar-refractivity contribution in [3.8, 4) is 0 Å². The smallest absolute Gasteiger partial charge is 0.317 e. The van der Waals surface area contributed by atoms with E-state index >= 15 is 0 Å². The second-order valence-electron chi connectivity index (χ2n) is 5.04. The highest BCUT2D eigenvalue weighted by Gasteiger charge is 2.20. The summed E-state index contributed by atoms with van der Waals surface area (Å²) >= 11 is 0. The number of rotatable bonds is 3. The summed E-state index contributed by atoms with van der Waals surface area (Å²) in [5.41, 5.74) is 1.16. The van der Waals surface area contributed by atoms with Crippen LogP contribution in [-0.4, -0.2) is 35.5 Å². The van der Waals surface area contributed by atoms with Crippen LogP contribution >= 0.6 is 0 Å². The van der Waals surface area contributed by atoms with Gasteiger partial charge in [0.05, 0.1) is 0 Å². The van der Waals surface area contributed by atoms with E-state index in [9.17, 15) is 4.79 Å². The van der Waals surface area contributed by atoms with Gasteiger partial charge in [-0.3, -0.25) is 4.98 Å². The van der Waals surface area contributed by atoms with Crippen LogP contribution in [0.3, 0.4) is 0 Å². The molecule has 4 heteroatoms. The van der Waals surface area contributed by atoms with Gasteiger partial charge in [0.15, 0.2) is 0 Å². The number of carbonyl (C=O) groups excluding carboxylic acids is 1. The van der Waals surface area contributed by atoms with Gasteiger partial charge in [-0.1, -0.05) is 13.0 Å². The molecule has 0 saturated carbocycles. The molecule has 0 aromatic carbocycles. The summed E-state index contributed by atoms with van der Waals surface area (Å²) < 4.78 is 0. The fraction of sp³-hybridized carbons (Fsp3) is 0.571. The Bertz CT molecular complexity index is 380. The summed E-state index contributed by atoms with van der Waals surface area (Å²) in [5, 5.41) is 2.98. The van der Waals surface area contributed by atoms with E-state index < -0.39 is 0 Å². The summed E-state index contributed by atoms with van der Waals surface area (Å²) in [6, 6.07) is 4.02. The van der Waals surface area contributed by atoms with Crippen LogP contribution in [-0.2, 0) is 6.42 Å². The Balaban J connectivity index is 1.71. The molecule has 1 N–H and O–H groups in total. The first kappa shape index (κ1) is 12.9. The molecule has 1 atom stereocenters. The SMILES string of the molecule is CC1CCCN(C(=O)NCCc2cccnc2)C1. The molecule has 1 fully saturated rings. The third-order valence-corrected chi connectivity index (χ3v) is 3.36. The van der Waals surface area contributed by atoms with Crippen LogP contribution in [0.15, 0.2) is 24.5 Å². The van der Waals surface area contributed by atoms with Gasteiger partial charge >= 0.3 is 6.03 Å². The first-order valence-electron chi connectivity index (χ1n) is 6.67. The number of hydrogen-bond acceptors (Lipinski definition) is 2. The first-order chi connectivity index (χ1) is 8.75. The van der Waals surface area contributed by atoms with Gasteiger partial charge in [-0.2, -0.15) is 0 Å². The Morgan fingerprint density at radius 1 is 1.61 bits per heavy atom. The molecule has 2 heterocycles. The Labute approximate surface area is 108 Å². The summed E-state index contributed by atoms with van der Waals surface area (Å²) in [6.45, 7) is 4.66.